The molecule has 0 spiro atoms. The molecule has 1 aliphatic rings. The van der Waals surface area contributed by atoms with Crippen LogP contribution in [0.15, 0.2) is 29.6 Å². The molecule has 3 rings (SSSR count). The van der Waals surface area contributed by atoms with E-state index in [0.29, 0.717) is 43.6 Å². The van der Waals surface area contributed by atoms with Gasteiger partial charge in [-0.25, -0.2) is 14.2 Å². The minimum atomic E-state index is -0.333. The van der Waals surface area contributed by atoms with Gasteiger partial charge in [0, 0.05) is 37.2 Å². The number of nitrogens with one attached hydrogen (secondary N) is 1. The molecule has 1 aromatic heterocycles. The molecule has 0 saturated carbocycles. The molecule has 2 amide bonds. The molecule has 1 saturated heterocycles. The second-order valence-electron chi connectivity index (χ2n) is 6.02. The fraction of sp³-hybridized carbons (Fsp3) is 0.389. The topological polar surface area (TPSA) is 74.8 Å². The highest BCUT2D eigenvalue weighted by molar-refractivity contribution is 7.13. The van der Waals surface area contributed by atoms with E-state index in [1.807, 2.05) is 5.38 Å². The van der Waals surface area contributed by atoms with E-state index in [1.165, 1.54) is 23.5 Å². The monoisotopic (exact) mass is 392 g/mol. The Morgan fingerprint density at radius 1 is 1.19 bits per heavy atom. The number of thiazole rings is 1. The lowest BCUT2D eigenvalue weighted by molar-refractivity contribution is -0.132. The third-order valence-electron chi connectivity index (χ3n) is 4.14. The van der Waals surface area contributed by atoms with E-state index < -0.39 is 0 Å². The zero-order valence-corrected chi connectivity index (χ0v) is 15.8. The summed E-state index contributed by atoms with van der Waals surface area (Å²) in [4.78, 5) is 31.9. The SMILES string of the molecule is CCOC(=O)N1CCN(C(=O)Cc2csc(Nc3ccc(F)cc3)n2)CC1. The van der Waals surface area contributed by atoms with Gasteiger partial charge in [-0.1, -0.05) is 0 Å². The Morgan fingerprint density at radius 2 is 1.85 bits per heavy atom. The average molecular weight is 392 g/mol. The van der Waals surface area contributed by atoms with Gasteiger partial charge in [0.1, 0.15) is 5.82 Å². The third-order valence-corrected chi connectivity index (χ3v) is 4.94. The van der Waals surface area contributed by atoms with E-state index in [2.05, 4.69) is 10.3 Å². The highest BCUT2D eigenvalue weighted by atomic mass is 32.1. The largest absolute Gasteiger partial charge is 0.450 e. The summed E-state index contributed by atoms with van der Waals surface area (Å²) in [5.41, 5.74) is 1.42. The number of hydrogen-bond donors (Lipinski definition) is 1. The fourth-order valence-electron chi connectivity index (χ4n) is 2.72. The Morgan fingerprint density at radius 3 is 2.52 bits per heavy atom. The van der Waals surface area contributed by atoms with Gasteiger partial charge in [0.2, 0.25) is 5.91 Å². The van der Waals surface area contributed by atoms with Gasteiger partial charge in [-0.15, -0.1) is 11.3 Å². The van der Waals surface area contributed by atoms with Crippen molar-refractivity contribution in [1.82, 2.24) is 14.8 Å². The molecule has 9 heteroatoms. The Hall–Kier alpha value is -2.68. The number of carbonyl (C=O) groups is 2. The fourth-order valence-corrected chi connectivity index (χ4v) is 3.45. The van der Waals surface area contributed by atoms with Crippen molar-refractivity contribution in [2.24, 2.45) is 0 Å². The van der Waals surface area contributed by atoms with Crippen molar-refractivity contribution in [3.63, 3.8) is 0 Å². The van der Waals surface area contributed by atoms with Crippen LogP contribution in [0.5, 0.6) is 0 Å². The smallest absolute Gasteiger partial charge is 0.409 e. The van der Waals surface area contributed by atoms with Gasteiger partial charge < -0.3 is 19.9 Å². The number of anilines is 2. The van der Waals surface area contributed by atoms with Gasteiger partial charge in [-0.2, -0.15) is 0 Å². The van der Waals surface area contributed by atoms with E-state index in [-0.39, 0.29) is 24.2 Å². The summed E-state index contributed by atoms with van der Waals surface area (Å²) < 4.78 is 17.9. The van der Waals surface area contributed by atoms with Crippen LogP contribution in [0.2, 0.25) is 0 Å². The number of aromatic nitrogens is 1. The number of benzene rings is 1. The standard InChI is InChI=1S/C18H21FN4O3S/c1-2-26-18(25)23-9-7-22(8-10-23)16(24)11-15-12-27-17(21-15)20-14-5-3-13(19)4-6-14/h3-6,12H,2,7-11H2,1H3,(H,20,21). The number of amides is 2. The zero-order valence-electron chi connectivity index (χ0n) is 15.0. The van der Waals surface area contributed by atoms with E-state index in [9.17, 15) is 14.0 Å². The van der Waals surface area contributed by atoms with Crippen LogP contribution in [0, 0.1) is 5.82 Å². The Bertz CT molecular complexity index is 788. The molecule has 0 radical (unpaired) electrons. The maximum Gasteiger partial charge on any atom is 0.409 e. The predicted molar refractivity (Wildman–Crippen MR) is 101 cm³/mol. The van der Waals surface area contributed by atoms with Crippen molar-refractivity contribution in [2.75, 3.05) is 38.1 Å². The molecule has 1 aliphatic heterocycles. The van der Waals surface area contributed by atoms with E-state index in [4.69, 9.17) is 4.74 Å². The number of ether oxygens (including phenoxy) is 1. The lowest BCUT2D eigenvalue weighted by Crippen LogP contribution is -2.51. The van der Waals surface area contributed by atoms with Crippen LogP contribution in [-0.2, 0) is 16.0 Å². The number of halogens is 1. The lowest BCUT2D eigenvalue weighted by Gasteiger charge is -2.34. The molecule has 0 atom stereocenters. The van der Waals surface area contributed by atoms with Crippen LogP contribution in [-0.4, -0.2) is 59.6 Å². The van der Waals surface area contributed by atoms with Crippen LogP contribution in [0.25, 0.3) is 0 Å². The summed E-state index contributed by atoms with van der Waals surface area (Å²) in [5.74, 6) is -0.314. The summed E-state index contributed by atoms with van der Waals surface area (Å²) in [6, 6.07) is 6.00. The number of carbonyl (C=O) groups excluding carboxylic acids is 2. The summed E-state index contributed by atoms with van der Waals surface area (Å²) in [6.45, 7) is 4.03. The van der Waals surface area contributed by atoms with Gasteiger partial charge in [-0.05, 0) is 31.2 Å². The molecule has 0 unspecified atom stereocenters. The van der Waals surface area contributed by atoms with Gasteiger partial charge in [-0.3, -0.25) is 4.79 Å². The first-order valence-electron chi connectivity index (χ1n) is 8.71. The first-order chi connectivity index (χ1) is 13.0. The molecule has 0 aliphatic carbocycles. The van der Waals surface area contributed by atoms with Crippen LogP contribution in [0.4, 0.5) is 20.0 Å². The molecule has 2 aromatic rings. The molecule has 7 nitrogen and oxygen atoms in total. The molecule has 0 bridgehead atoms. The van der Waals surface area contributed by atoms with E-state index in [1.54, 1.807) is 28.9 Å². The van der Waals surface area contributed by atoms with Crippen molar-refractivity contribution in [3.05, 3.63) is 41.2 Å². The van der Waals surface area contributed by atoms with Crippen LogP contribution in [0.1, 0.15) is 12.6 Å². The number of nitrogens with zero attached hydrogens (tertiary/aromatic N) is 3. The Labute approximate surface area is 160 Å². The molecule has 1 fully saturated rings. The first kappa shape index (κ1) is 19.1. The second-order valence-corrected chi connectivity index (χ2v) is 6.88. The van der Waals surface area contributed by atoms with Gasteiger partial charge >= 0.3 is 6.09 Å². The summed E-state index contributed by atoms with van der Waals surface area (Å²) in [7, 11) is 0. The van der Waals surface area contributed by atoms with Crippen LogP contribution < -0.4 is 5.32 Å². The molecule has 1 N–H and O–H groups in total. The van der Waals surface area contributed by atoms with Gasteiger partial charge in [0.15, 0.2) is 5.13 Å². The Balaban J connectivity index is 1.49. The number of piperazine rings is 1. The van der Waals surface area contributed by atoms with Crippen molar-refractivity contribution in [2.45, 2.75) is 13.3 Å². The molecular weight excluding hydrogens is 371 g/mol. The summed E-state index contributed by atoms with van der Waals surface area (Å²) in [5, 5.41) is 5.57. The minimum absolute atomic E-state index is 0.0165. The molecule has 27 heavy (non-hydrogen) atoms. The normalized spacial score (nSPS) is 14.1. The Kier molecular flexibility index (Phi) is 6.23. The van der Waals surface area contributed by atoms with Crippen molar-refractivity contribution >= 4 is 34.2 Å². The lowest BCUT2D eigenvalue weighted by atomic mass is 10.2. The van der Waals surface area contributed by atoms with Crippen molar-refractivity contribution < 1.29 is 18.7 Å². The van der Waals surface area contributed by atoms with Crippen LogP contribution in [0.3, 0.4) is 0 Å². The van der Waals surface area contributed by atoms with E-state index in [0.717, 1.165) is 5.69 Å². The molecule has 2 heterocycles. The van der Waals surface area contributed by atoms with Gasteiger partial charge in [0.25, 0.3) is 0 Å². The second kappa shape index (κ2) is 8.81. The number of hydrogen-bond acceptors (Lipinski definition) is 6. The highest BCUT2D eigenvalue weighted by Crippen LogP contribution is 2.21. The zero-order chi connectivity index (χ0) is 19.2. The quantitative estimate of drug-likeness (QED) is 0.847. The molecule has 144 valence electrons. The maximum absolute atomic E-state index is 12.9. The predicted octanol–water partition coefficient (Wildman–Crippen LogP) is 2.87. The van der Waals surface area contributed by atoms with Gasteiger partial charge in [0.05, 0.1) is 18.7 Å². The van der Waals surface area contributed by atoms with Crippen molar-refractivity contribution in [1.29, 1.82) is 0 Å². The summed E-state index contributed by atoms with van der Waals surface area (Å²) >= 11 is 1.39. The summed E-state index contributed by atoms with van der Waals surface area (Å²) in [6.07, 6.45) is -0.123. The van der Waals surface area contributed by atoms with Crippen molar-refractivity contribution in [3.8, 4) is 0 Å². The molecule has 1 aromatic carbocycles. The minimum Gasteiger partial charge on any atom is -0.450 e. The van der Waals surface area contributed by atoms with E-state index >= 15 is 0 Å². The molecular formula is C18H21FN4O3S. The number of rotatable bonds is 5. The highest BCUT2D eigenvalue weighted by Gasteiger charge is 2.25. The third kappa shape index (κ3) is 5.16. The van der Waals surface area contributed by atoms with Crippen LogP contribution >= 0.6 is 11.3 Å². The average Bonchev–Trinajstić information content (AvgIpc) is 3.10. The first-order valence-corrected chi connectivity index (χ1v) is 9.59. The maximum atomic E-state index is 12.9.